The molecule has 0 aliphatic carbocycles. The van der Waals surface area contributed by atoms with Crippen LogP contribution in [0.2, 0.25) is 0 Å². The Morgan fingerprint density at radius 1 is 1.29 bits per heavy atom. The summed E-state index contributed by atoms with van der Waals surface area (Å²) in [4.78, 5) is 2.42. The smallest absolute Gasteiger partial charge is 0.0601 e. The number of hydrogen-bond acceptors (Lipinski definition) is 2. The van der Waals surface area contributed by atoms with Crippen LogP contribution in [0.1, 0.15) is 41.0 Å². The molecule has 0 bridgehead atoms. The summed E-state index contributed by atoms with van der Waals surface area (Å²) in [7, 11) is 0. The highest BCUT2D eigenvalue weighted by Gasteiger charge is 2.25. The molecule has 0 spiro atoms. The summed E-state index contributed by atoms with van der Waals surface area (Å²) in [6.07, 6.45) is 1.56. The van der Waals surface area contributed by atoms with Crippen molar-refractivity contribution in [2.75, 3.05) is 26.2 Å². The lowest BCUT2D eigenvalue weighted by atomic mass is 9.96. The molecule has 1 fully saturated rings. The van der Waals surface area contributed by atoms with Crippen molar-refractivity contribution in [2.24, 2.45) is 11.3 Å². The molecule has 2 heteroatoms. The summed E-state index contributed by atoms with van der Waals surface area (Å²) < 4.78 is 5.56. The van der Waals surface area contributed by atoms with E-state index in [0.717, 1.165) is 19.1 Å². The predicted molar refractivity (Wildman–Crippen MR) is 72.9 cm³/mol. The van der Waals surface area contributed by atoms with E-state index < -0.39 is 0 Å². The molecule has 0 aromatic carbocycles. The molecule has 1 heterocycles. The first kappa shape index (κ1) is 14.5. The van der Waals surface area contributed by atoms with Crippen LogP contribution in [0.5, 0.6) is 0 Å². The van der Waals surface area contributed by atoms with Gasteiger partial charge in [0.15, 0.2) is 0 Å². The van der Waals surface area contributed by atoms with Gasteiger partial charge in [-0.2, -0.15) is 0 Å². The topological polar surface area (TPSA) is 12.5 Å². The summed E-state index contributed by atoms with van der Waals surface area (Å²) in [5.74, 6) is 7.37. The zero-order chi connectivity index (χ0) is 12.9. The van der Waals surface area contributed by atoms with Gasteiger partial charge in [0.05, 0.1) is 12.6 Å². The second-order valence-electron chi connectivity index (χ2n) is 6.32. The first-order valence-corrected chi connectivity index (χ1v) is 6.71. The van der Waals surface area contributed by atoms with E-state index in [4.69, 9.17) is 4.74 Å². The van der Waals surface area contributed by atoms with E-state index in [2.05, 4.69) is 51.4 Å². The second-order valence-corrected chi connectivity index (χ2v) is 6.32. The quantitative estimate of drug-likeness (QED) is 0.682. The van der Waals surface area contributed by atoms with Crippen LogP contribution in [-0.2, 0) is 4.74 Å². The van der Waals surface area contributed by atoms with E-state index >= 15 is 0 Å². The molecule has 1 aliphatic heterocycles. The molecule has 0 aromatic rings. The summed E-state index contributed by atoms with van der Waals surface area (Å²) >= 11 is 0. The van der Waals surface area contributed by atoms with Crippen molar-refractivity contribution in [2.45, 2.75) is 47.1 Å². The van der Waals surface area contributed by atoms with E-state index in [1.54, 1.807) is 0 Å². The lowest BCUT2D eigenvalue weighted by Crippen LogP contribution is -2.47. The third kappa shape index (κ3) is 6.71. The second kappa shape index (κ2) is 6.42. The highest BCUT2D eigenvalue weighted by molar-refractivity contribution is 5.09. The van der Waals surface area contributed by atoms with Crippen LogP contribution in [-0.4, -0.2) is 37.2 Å². The molecule has 0 atom stereocenters. The van der Waals surface area contributed by atoms with E-state index in [0.29, 0.717) is 6.10 Å². The molecule has 17 heavy (non-hydrogen) atoms. The van der Waals surface area contributed by atoms with Gasteiger partial charge >= 0.3 is 0 Å². The highest BCUT2D eigenvalue weighted by Crippen LogP contribution is 2.18. The maximum Gasteiger partial charge on any atom is 0.0601 e. The molecule has 1 rings (SSSR count). The molecule has 0 saturated carbocycles. The number of rotatable bonds is 5. The first-order chi connectivity index (χ1) is 7.87. The molecule has 0 amide bonds. The molecule has 1 saturated heterocycles. The van der Waals surface area contributed by atoms with Crippen LogP contribution < -0.4 is 0 Å². The summed E-state index contributed by atoms with van der Waals surface area (Å²) in [5.41, 5.74) is 0.134. The third-order valence-electron chi connectivity index (χ3n) is 2.78. The SMILES string of the molecule is CC(C)OCCC1CN(CC#CC(C)(C)C)C1. The minimum Gasteiger partial charge on any atom is -0.379 e. The fraction of sp³-hybridized carbons (Fsp3) is 0.867. The van der Waals surface area contributed by atoms with Gasteiger partial charge in [0.25, 0.3) is 0 Å². The standard InChI is InChI=1S/C15H27NO/c1-13(2)17-10-7-14-11-16(12-14)9-6-8-15(3,4)5/h13-14H,7,9-12H2,1-5H3. The van der Waals surface area contributed by atoms with Crippen molar-refractivity contribution < 1.29 is 4.74 Å². The Labute approximate surface area is 107 Å². The van der Waals surface area contributed by atoms with E-state index in [1.165, 1.54) is 19.5 Å². The molecular weight excluding hydrogens is 210 g/mol. The average Bonchev–Trinajstić information content (AvgIpc) is 2.10. The summed E-state index contributed by atoms with van der Waals surface area (Å²) in [6.45, 7) is 14.9. The van der Waals surface area contributed by atoms with E-state index in [1.807, 2.05) is 0 Å². The maximum atomic E-state index is 5.56. The Morgan fingerprint density at radius 3 is 2.47 bits per heavy atom. The van der Waals surface area contributed by atoms with Gasteiger partial charge in [-0.1, -0.05) is 11.8 Å². The van der Waals surface area contributed by atoms with Gasteiger partial charge in [0, 0.05) is 25.1 Å². The van der Waals surface area contributed by atoms with Crippen molar-refractivity contribution in [3.8, 4) is 11.8 Å². The van der Waals surface area contributed by atoms with E-state index in [-0.39, 0.29) is 5.41 Å². The van der Waals surface area contributed by atoms with Crippen LogP contribution in [0.4, 0.5) is 0 Å². The monoisotopic (exact) mass is 237 g/mol. The number of likely N-dealkylation sites (tertiary alicyclic amines) is 1. The van der Waals surface area contributed by atoms with Crippen LogP contribution in [0.3, 0.4) is 0 Å². The fourth-order valence-corrected chi connectivity index (χ4v) is 1.88. The average molecular weight is 237 g/mol. The lowest BCUT2D eigenvalue weighted by molar-refractivity contribution is 0.0374. The molecule has 0 unspecified atom stereocenters. The summed E-state index contributed by atoms with van der Waals surface area (Å²) in [6, 6.07) is 0. The Morgan fingerprint density at radius 2 is 1.94 bits per heavy atom. The molecule has 0 N–H and O–H groups in total. The van der Waals surface area contributed by atoms with Crippen molar-refractivity contribution in [3.05, 3.63) is 0 Å². The van der Waals surface area contributed by atoms with Gasteiger partial charge in [-0.3, -0.25) is 4.90 Å². The fourth-order valence-electron chi connectivity index (χ4n) is 1.88. The van der Waals surface area contributed by atoms with Crippen LogP contribution in [0.15, 0.2) is 0 Å². The van der Waals surface area contributed by atoms with Gasteiger partial charge in [-0.05, 0) is 47.0 Å². The van der Waals surface area contributed by atoms with Crippen LogP contribution >= 0.6 is 0 Å². The van der Waals surface area contributed by atoms with Gasteiger partial charge in [0.1, 0.15) is 0 Å². The zero-order valence-electron chi connectivity index (χ0n) is 12.0. The Kier molecular flexibility index (Phi) is 5.49. The molecule has 0 aromatic heterocycles. The molecule has 2 nitrogen and oxygen atoms in total. The Hall–Kier alpha value is -0.520. The maximum absolute atomic E-state index is 5.56. The predicted octanol–water partition coefficient (Wildman–Crippen LogP) is 2.78. The lowest BCUT2D eigenvalue weighted by Gasteiger charge is -2.38. The van der Waals surface area contributed by atoms with Gasteiger partial charge in [-0.15, -0.1) is 0 Å². The van der Waals surface area contributed by atoms with E-state index in [9.17, 15) is 0 Å². The minimum absolute atomic E-state index is 0.134. The third-order valence-corrected chi connectivity index (χ3v) is 2.78. The normalized spacial score (nSPS) is 17.8. The molecule has 1 aliphatic rings. The largest absolute Gasteiger partial charge is 0.379 e. The molecule has 98 valence electrons. The van der Waals surface area contributed by atoms with Gasteiger partial charge in [0.2, 0.25) is 0 Å². The Bertz CT molecular complexity index is 274. The Balaban J connectivity index is 2.05. The summed E-state index contributed by atoms with van der Waals surface area (Å²) in [5, 5.41) is 0. The van der Waals surface area contributed by atoms with Crippen molar-refractivity contribution >= 4 is 0 Å². The number of nitrogens with zero attached hydrogens (tertiary/aromatic N) is 1. The van der Waals surface area contributed by atoms with Crippen LogP contribution in [0, 0.1) is 23.2 Å². The van der Waals surface area contributed by atoms with Crippen LogP contribution in [0.25, 0.3) is 0 Å². The molecule has 0 radical (unpaired) electrons. The van der Waals surface area contributed by atoms with Gasteiger partial charge < -0.3 is 4.74 Å². The van der Waals surface area contributed by atoms with Crippen molar-refractivity contribution in [1.82, 2.24) is 4.90 Å². The van der Waals surface area contributed by atoms with Crippen molar-refractivity contribution in [1.29, 1.82) is 0 Å². The van der Waals surface area contributed by atoms with Crippen molar-refractivity contribution in [3.63, 3.8) is 0 Å². The zero-order valence-corrected chi connectivity index (χ0v) is 12.0. The van der Waals surface area contributed by atoms with Gasteiger partial charge in [-0.25, -0.2) is 0 Å². The molecular formula is C15H27NO. The number of hydrogen-bond donors (Lipinski definition) is 0. The number of ether oxygens (including phenoxy) is 1. The first-order valence-electron chi connectivity index (χ1n) is 6.71. The minimum atomic E-state index is 0.134. The highest BCUT2D eigenvalue weighted by atomic mass is 16.5.